The number of ether oxygens (including phenoxy) is 2. The van der Waals surface area contributed by atoms with Gasteiger partial charge in [-0.05, 0) is 37.5 Å². The van der Waals surface area contributed by atoms with Crippen LogP contribution in [0.25, 0.3) is 0 Å². The number of halogens is 1. The lowest BCUT2D eigenvalue weighted by Gasteiger charge is -2.15. The van der Waals surface area contributed by atoms with E-state index in [0.29, 0.717) is 29.7 Å². The lowest BCUT2D eigenvalue weighted by Crippen LogP contribution is -2.26. The second-order valence-corrected chi connectivity index (χ2v) is 5.71. The highest BCUT2D eigenvalue weighted by Gasteiger charge is 2.41. The molecule has 1 aromatic carbocycles. The van der Waals surface area contributed by atoms with Gasteiger partial charge < -0.3 is 19.9 Å². The highest BCUT2D eigenvalue weighted by molar-refractivity contribution is 6.32. The summed E-state index contributed by atoms with van der Waals surface area (Å²) in [6.07, 6.45) is 2.20. The van der Waals surface area contributed by atoms with Crippen LogP contribution < -0.4 is 14.8 Å². The number of benzene rings is 1. The van der Waals surface area contributed by atoms with E-state index in [9.17, 15) is 5.11 Å². The van der Waals surface area contributed by atoms with Crippen molar-refractivity contribution in [3.05, 3.63) is 22.7 Å². The molecule has 4 nitrogen and oxygen atoms in total. The third-order valence-corrected chi connectivity index (χ3v) is 3.98. The standard InChI is InChI=1S/C15H22ClNO3/c1-3-20-14-12(16)6-11(7-13(14)19-2)8-17-9-15(10-18)4-5-15/h6-7,17-18H,3-5,8-10H2,1-2H3. The summed E-state index contributed by atoms with van der Waals surface area (Å²) in [5.74, 6) is 1.24. The zero-order chi connectivity index (χ0) is 14.6. The molecule has 0 saturated heterocycles. The number of hydrogen-bond acceptors (Lipinski definition) is 4. The highest BCUT2D eigenvalue weighted by Crippen LogP contribution is 2.44. The lowest BCUT2D eigenvalue weighted by molar-refractivity contribution is 0.207. The molecule has 0 aliphatic heterocycles. The first-order valence-electron chi connectivity index (χ1n) is 6.95. The first-order chi connectivity index (χ1) is 9.64. The number of aliphatic hydroxyl groups is 1. The van der Waals surface area contributed by atoms with Gasteiger partial charge in [0.1, 0.15) is 0 Å². The minimum atomic E-state index is 0.110. The van der Waals surface area contributed by atoms with Gasteiger partial charge in [0.05, 0.1) is 18.7 Å². The summed E-state index contributed by atoms with van der Waals surface area (Å²) in [6.45, 7) is 4.25. The summed E-state index contributed by atoms with van der Waals surface area (Å²) >= 11 is 6.23. The van der Waals surface area contributed by atoms with Crippen LogP contribution in [0, 0.1) is 5.41 Å². The third-order valence-electron chi connectivity index (χ3n) is 3.70. The average molecular weight is 300 g/mol. The molecule has 2 N–H and O–H groups in total. The van der Waals surface area contributed by atoms with Crippen LogP contribution >= 0.6 is 11.6 Å². The largest absolute Gasteiger partial charge is 0.493 e. The number of aliphatic hydroxyl groups excluding tert-OH is 1. The van der Waals surface area contributed by atoms with Crippen LogP contribution in [0.1, 0.15) is 25.3 Å². The van der Waals surface area contributed by atoms with Gasteiger partial charge in [-0.1, -0.05) is 11.6 Å². The van der Waals surface area contributed by atoms with Crippen LogP contribution in [-0.4, -0.2) is 32.0 Å². The predicted molar refractivity (Wildman–Crippen MR) is 79.6 cm³/mol. The van der Waals surface area contributed by atoms with Crippen molar-refractivity contribution in [2.45, 2.75) is 26.3 Å². The monoisotopic (exact) mass is 299 g/mol. The first-order valence-corrected chi connectivity index (χ1v) is 7.33. The summed E-state index contributed by atoms with van der Waals surface area (Å²) < 4.78 is 10.8. The Bertz CT molecular complexity index is 461. The van der Waals surface area contributed by atoms with Gasteiger partial charge in [-0.2, -0.15) is 0 Å². The molecule has 2 rings (SSSR count). The third kappa shape index (κ3) is 3.57. The van der Waals surface area contributed by atoms with E-state index >= 15 is 0 Å². The van der Waals surface area contributed by atoms with Gasteiger partial charge in [0.15, 0.2) is 11.5 Å². The second kappa shape index (κ2) is 6.66. The van der Waals surface area contributed by atoms with E-state index in [0.717, 1.165) is 24.9 Å². The molecule has 1 saturated carbocycles. The molecule has 1 aromatic rings. The van der Waals surface area contributed by atoms with Crippen molar-refractivity contribution in [3.63, 3.8) is 0 Å². The Balaban J connectivity index is 1.99. The van der Waals surface area contributed by atoms with Crippen LogP contribution in [0.4, 0.5) is 0 Å². The molecule has 112 valence electrons. The van der Waals surface area contributed by atoms with Gasteiger partial charge in [-0.25, -0.2) is 0 Å². The van der Waals surface area contributed by atoms with E-state index in [1.807, 2.05) is 19.1 Å². The molecule has 0 aromatic heterocycles. The normalized spacial score (nSPS) is 16.0. The van der Waals surface area contributed by atoms with Crippen molar-refractivity contribution < 1.29 is 14.6 Å². The molecule has 1 aliphatic rings. The molecule has 1 fully saturated rings. The van der Waals surface area contributed by atoms with E-state index in [-0.39, 0.29) is 12.0 Å². The molecule has 0 amide bonds. The second-order valence-electron chi connectivity index (χ2n) is 5.30. The Morgan fingerprint density at radius 2 is 2.15 bits per heavy atom. The van der Waals surface area contributed by atoms with Crippen molar-refractivity contribution >= 4 is 11.6 Å². The summed E-state index contributed by atoms with van der Waals surface area (Å²) in [7, 11) is 1.61. The Kier molecular flexibility index (Phi) is 5.13. The van der Waals surface area contributed by atoms with Crippen LogP contribution in [-0.2, 0) is 6.54 Å². The molecule has 0 bridgehead atoms. The van der Waals surface area contributed by atoms with Crippen molar-refractivity contribution in [1.29, 1.82) is 0 Å². The Labute approximate surface area is 125 Å². The lowest BCUT2D eigenvalue weighted by atomic mass is 10.1. The van der Waals surface area contributed by atoms with E-state index in [4.69, 9.17) is 21.1 Å². The van der Waals surface area contributed by atoms with Gasteiger partial charge in [0.2, 0.25) is 0 Å². The van der Waals surface area contributed by atoms with Gasteiger partial charge in [-0.15, -0.1) is 0 Å². The molecular formula is C15H22ClNO3. The molecule has 0 atom stereocenters. The fraction of sp³-hybridized carbons (Fsp3) is 0.600. The van der Waals surface area contributed by atoms with E-state index in [1.54, 1.807) is 7.11 Å². The molecule has 20 heavy (non-hydrogen) atoms. The van der Waals surface area contributed by atoms with Crippen LogP contribution in [0.15, 0.2) is 12.1 Å². The SMILES string of the molecule is CCOc1c(Cl)cc(CNCC2(CO)CC2)cc1OC. The van der Waals surface area contributed by atoms with Crippen molar-refractivity contribution in [1.82, 2.24) is 5.32 Å². The van der Waals surface area contributed by atoms with E-state index < -0.39 is 0 Å². The maximum Gasteiger partial charge on any atom is 0.179 e. The highest BCUT2D eigenvalue weighted by atomic mass is 35.5. The molecule has 5 heteroatoms. The van der Waals surface area contributed by atoms with Crippen LogP contribution in [0.3, 0.4) is 0 Å². The van der Waals surface area contributed by atoms with Crippen molar-refractivity contribution in [2.75, 3.05) is 26.9 Å². The Hall–Kier alpha value is -0.970. The Morgan fingerprint density at radius 1 is 1.40 bits per heavy atom. The Morgan fingerprint density at radius 3 is 2.70 bits per heavy atom. The minimum Gasteiger partial charge on any atom is -0.493 e. The van der Waals surface area contributed by atoms with Crippen LogP contribution in [0.5, 0.6) is 11.5 Å². The van der Waals surface area contributed by atoms with E-state index in [1.165, 1.54) is 0 Å². The first kappa shape index (κ1) is 15.4. The topological polar surface area (TPSA) is 50.7 Å². The molecule has 0 heterocycles. The number of methoxy groups -OCH3 is 1. The summed E-state index contributed by atoms with van der Waals surface area (Å²) in [5.41, 5.74) is 1.16. The van der Waals surface area contributed by atoms with Gasteiger partial charge in [-0.3, -0.25) is 0 Å². The molecule has 0 unspecified atom stereocenters. The summed E-state index contributed by atoms with van der Waals surface area (Å²) in [4.78, 5) is 0. The fourth-order valence-electron chi connectivity index (χ4n) is 2.20. The molecule has 0 radical (unpaired) electrons. The van der Waals surface area contributed by atoms with Gasteiger partial charge in [0, 0.05) is 25.1 Å². The summed E-state index contributed by atoms with van der Waals surface area (Å²) in [6, 6.07) is 3.82. The van der Waals surface area contributed by atoms with Gasteiger partial charge in [0.25, 0.3) is 0 Å². The average Bonchev–Trinajstić information content (AvgIpc) is 3.22. The molecule has 1 aliphatic carbocycles. The number of rotatable bonds is 8. The number of nitrogens with one attached hydrogen (secondary N) is 1. The maximum atomic E-state index is 9.28. The minimum absolute atomic E-state index is 0.110. The maximum absolute atomic E-state index is 9.28. The molecule has 0 spiro atoms. The number of hydrogen-bond donors (Lipinski definition) is 2. The summed E-state index contributed by atoms with van der Waals surface area (Å²) in [5, 5.41) is 13.2. The fourth-order valence-corrected chi connectivity index (χ4v) is 2.49. The molecular weight excluding hydrogens is 278 g/mol. The van der Waals surface area contributed by atoms with Crippen LogP contribution in [0.2, 0.25) is 5.02 Å². The van der Waals surface area contributed by atoms with Gasteiger partial charge >= 0.3 is 0 Å². The zero-order valence-electron chi connectivity index (χ0n) is 12.0. The predicted octanol–water partition coefficient (Wildman–Crippen LogP) is 2.61. The van der Waals surface area contributed by atoms with Crippen molar-refractivity contribution in [2.24, 2.45) is 5.41 Å². The smallest absolute Gasteiger partial charge is 0.179 e. The quantitative estimate of drug-likeness (QED) is 0.775. The van der Waals surface area contributed by atoms with E-state index in [2.05, 4.69) is 5.32 Å². The van der Waals surface area contributed by atoms with Crippen molar-refractivity contribution in [3.8, 4) is 11.5 Å². The zero-order valence-corrected chi connectivity index (χ0v) is 12.8.